The summed E-state index contributed by atoms with van der Waals surface area (Å²) in [6, 6.07) is 6.49. The van der Waals surface area contributed by atoms with Gasteiger partial charge in [-0.2, -0.15) is 8.42 Å². The van der Waals surface area contributed by atoms with Crippen LogP contribution in [0.3, 0.4) is 0 Å². The third-order valence-corrected chi connectivity index (χ3v) is 3.76. The molecule has 0 amide bonds. The molecule has 1 radical (unpaired) electrons. The van der Waals surface area contributed by atoms with E-state index in [1.807, 2.05) is 6.92 Å². The number of hydrogen-bond acceptors (Lipinski definition) is 4. The maximum Gasteiger partial charge on any atom is 0.339 e. The van der Waals surface area contributed by atoms with Crippen LogP contribution in [0.15, 0.2) is 52.8 Å². The summed E-state index contributed by atoms with van der Waals surface area (Å²) in [5, 5.41) is 0. The molecule has 1 aromatic rings. The third kappa shape index (κ3) is 2.92. The minimum atomic E-state index is -3.78. The van der Waals surface area contributed by atoms with E-state index in [2.05, 4.69) is 0 Å². The molecule has 1 aliphatic carbocycles. The Kier molecular flexibility index (Phi) is 3.43. The van der Waals surface area contributed by atoms with Gasteiger partial charge < -0.3 is 9.92 Å². The molecule has 95 valence electrons. The summed E-state index contributed by atoms with van der Waals surface area (Å²) in [5.74, 6) is 0.260. The Bertz CT molecular complexity index is 598. The molecule has 1 aliphatic rings. The Labute approximate surface area is 107 Å². The van der Waals surface area contributed by atoms with Gasteiger partial charge in [-0.15, -0.1) is 0 Å². The van der Waals surface area contributed by atoms with Crippen LogP contribution in [0.5, 0.6) is 0 Å². The Hall–Kier alpha value is -1.75. The monoisotopic (exact) mass is 264 g/mol. The normalized spacial score (nSPS) is 15.8. The van der Waals surface area contributed by atoms with E-state index in [-0.39, 0.29) is 10.7 Å². The quantitative estimate of drug-likeness (QED) is 0.848. The molecule has 18 heavy (non-hydrogen) atoms. The summed E-state index contributed by atoms with van der Waals surface area (Å²) in [6.07, 6.45) is 5.52. The highest BCUT2D eigenvalue weighted by Gasteiger charge is 2.18. The van der Waals surface area contributed by atoms with Crippen molar-refractivity contribution < 1.29 is 12.6 Å². The van der Waals surface area contributed by atoms with Gasteiger partial charge in [0.05, 0.1) is 0 Å². The van der Waals surface area contributed by atoms with Gasteiger partial charge in [-0.3, -0.25) is 0 Å². The fourth-order valence-corrected chi connectivity index (χ4v) is 2.47. The molecule has 0 aromatic heterocycles. The largest absolute Gasteiger partial charge is 0.402 e. The number of aryl methyl sites for hydroxylation is 1. The number of rotatable bonds is 3. The van der Waals surface area contributed by atoms with Gasteiger partial charge >= 0.3 is 10.1 Å². The van der Waals surface area contributed by atoms with Crippen LogP contribution in [0.25, 0.3) is 0 Å². The average Bonchev–Trinajstić information content (AvgIpc) is 2.29. The van der Waals surface area contributed by atoms with Crippen molar-refractivity contribution in [3.63, 3.8) is 0 Å². The lowest BCUT2D eigenvalue weighted by Crippen LogP contribution is -2.09. The van der Waals surface area contributed by atoms with Crippen molar-refractivity contribution >= 4 is 10.1 Å². The highest BCUT2D eigenvalue weighted by molar-refractivity contribution is 7.86. The first-order valence-electron chi connectivity index (χ1n) is 5.49. The molecule has 5 heteroatoms. The Morgan fingerprint density at radius 1 is 1.22 bits per heavy atom. The highest BCUT2D eigenvalue weighted by atomic mass is 32.2. The van der Waals surface area contributed by atoms with Gasteiger partial charge in [0.1, 0.15) is 10.7 Å². The van der Waals surface area contributed by atoms with Crippen molar-refractivity contribution in [3.05, 3.63) is 59.9 Å². The van der Waals surface area contributed by atoms with Gasteiger partial charge in [0.2, 0.25) is 0 Å². The summed E-state index contributed by atoms with van der Waals surface area (Å²) in [4.78, 5) is 0.135. The standard InChI is InChI=1S/C13H14NO3S/c1-10-5-7-13(8-6-10)18(15,16)17-12-4-2-3-11(14)9-12/h3-9H,2,14H2,1H3. The maximum atomic E-state index is 12.0. The van der Waals surface area contributed by atoms with Gasteiger partial charge in [0, 0.05) is 18.2 Å². The molecule has 0 unspecified atom stereocenters. The first kappa shape index (κ1) is 12.7. The van der Waals surface area contributed by atoms with E-state index in [4.69, 9.17) is 9.92 Å². The van der Waals surface area contributed by atoms with Crippen LogP contribution < -0.4 is 5.73 Å². The van der Waals surface area contributed by atoms with Crippen LogP contribution in [-0.4, -0.2) is 8.42 Å². The van der Waals surface area contributed by atoms with E-state index in [1.165, 1.54) is 18.2 Å². The maximum absolute atomic E-state index is 12.0. The summed E-state index contributed by atoms with van der Waals surface area (Å²) in [5.41, 5.74) is 7.09. The van der Waals surface area contributed by atoms with Crippen LogP contribution in [0.1, 0.15) is 12.0 Å². The Morgan fingerprint density at radius 2 is 1.89 bits per heavy atom. The molecule has 0 spiro atoms. The SMILES string of the molecule is Cc1ccc(S(=O)(=O)OC2=CC[CH]C(N)=C2)cc1. The van der Waals surface area contributed by atoms with Crippen LogP contribution >= 0.6 is 0 Å². The van der Waals surface area contributed by atoms with E-state index >= 15 is 0 Å². The summed E-state index contributed by atoms with van der Waals surface area (Å²) in [7, 11) is -3.78. The van der Waals surface area contributed by atoms with E-state index in [1.54, 1.807) is 24.6 Å². The second kappa shape index (κ2) is 4.86. The van der Waals surface area contributed by atoms with Gasteiger partial charge in [-0.1, -0.05) is 17.7 Å². The van der Waals surface area contributed by atoms with Gasteiger partial charge in [-0.25, -0.2) is 0 Å². The van der Waals surface area contributed by atoms with E-state index < -0.39 is 10.1 Å². The summed E-state index contributed by atoms with van der Waals surface area (Å²) < 4.78 is 29.0. The van der Waals surface area contributed by atoms with Gasteiger partial charge in [0.25, 0.3) is 0 Å². The summed E-state index contributed by atoms with van der Waals surface area (Å²) >= 11 is 0. The molecule has 0 aliphatic heterocycles. The molecule has 0 saturated carbocycles. The Morgan fingerprint density at radius 3 is 2.50 bits per heavy atom. The highest BCUT2D eigenvalue weighted by Crippen LogP contribution is 2.20. The first-order valence-corrected chi connectivity index (χ1v) is 6.90. The lowest BCUT2D eigenvalue weighted by molar-refractivity contribution is 0.416. The van der Waals surface area contributed by atoms with Crippen LogP contribution in [0, 0.1) is 13.3 Å². The zero-order valence-corrected chi connectivity index (χ0v) is 10.8. The molecule has 2 rings (SSSR count). The van der Waals surface area contributed by atoms with E-state index in [0.29, 0.717) is 12.1 Å². The number of allylic oxidation sites excluding steroid dienone is 3. The predicted octanol–water partition coefficient (Wildman–Crippen LogP) is 2.03. The average molecular weight is 264 g/mol. The molecular formula is C13H14NO3S. The fraction of sp³-hybridized carbons (Fsp3) is 0.154. The molecule has 1 aromatic carbocycles. The molecule has 0 saturated heterocycles. The van der Waals surface area contributed by atoms with Gasteiger partial charge in [-0.05, 0) is 31.6 Å². The van der Waals surface area contributed by atoms with Crippen molar-refractivity contribution in [1.82, 2.24) is 0 Å². The van der Waals surface area contributed by atoms with Crippen molar-refractivity contribution in [3.8, 4) is 0 Å². The van der Waals surface area contributed by atoms with Crippen LogP contribution in [0.4, 0.5) is 0 Å². The number of nitrogens with two attached hydrogens (primary N) is 1. The van der Waals surface area contributed by atoms with Crippen molar-refractivity contribution in [2.75, 3.05) is 0 Å². The van der Waals surface area contributed by atoms with Crippen molar-refractivity contribution in [1.29, 1.82) is 0 Å². The fourth-order valence-electron chi connectivity index (χ4n) is 1.53. The molecule has 0 heterocycles. The van der Waals surface area contributed by atoms with Crippen molar-refractivity contribution in [2.24, 2.45) is 5.73 Å². The molecule has 0 atom stereocenters. The van der Waals surface area contributed by atoms with Gasteiger partial charge in [0.15, 0.2) is 0 Å². The number of benzene rings is 1. The van der Waals surface area contributed by atoms with Crippen molar-refractivity contribution in [2.45, 2.75) is 18.2 Å². The second-order valence-electron chi connectivity index (χ2n) is 4.04. The smallest absolute Gasteiger partial charge is 0.339 e. The first-order chi connectivity index (χ1) is 8.47. The molecule has 4 nitrogen and oxygen atoms in total. The predicted molar refractivity (Wildman–Crippen MR) is 68.7 cm³/mol. The van der Waals surface area contributed by atoms with Crippen LogP contribution in [-0.2, 0) is 14.3 Å². The molecule has 0 bridgehead atoms. The zero-order chi connectivity index (χ0) is 13.2. The molecule has 2 N–H and O–H groups in total. The topological polar surface area (TPSA) is 69.4 Å². The molecular weight excluding hydrogens is 250 g/mol. The second-order valence-corrected chi connectivity index (χ2v) is 5.59. The minimum Gasteiger partial charge on any atom is -0.402 e. The van der Waals surface area contributed by atoms with E-state index in [0.717, 1.165) is 5.56 Å². The molecule has 0 fully saturated rings. The van der Waals surface area contributed by atoms with Crippen LogP contribution in [0.2, 0.25) is 0 Å². The van der Waals surface area contributed by atoms with E-state index in [9.17, 15) is 8.42 Å². The third-order valence-electron chi connectivity index (χ3n) is 2.50. The Balaban J connectivity index is 2.23. The lowest BCUT2D eigenvalue weighted by Gasteiger charge is -2.12. The lowest BCUT2D eigenvalue weighted by atomic mass is 10.1. The zero-order valence-electron chi connectivity index (χ0n) is 9.96. The number of hydrogen-bond donors (Lipinski definition) is 1. The minimum absolute atomic E-state index is 0.135. The summed E-state index contributed by atoms with van der Waals surface area (Å²) in [6.45, 7) is 1.89.